The minimum atomic E-state index is -0.237. The Morgan fingerprint density at radius 1 is 1.29 bits per heavy atom. The lowest BCUT2D eigenvalue weighted by Crippen LogP contribution is -2.51. The van der Waals surface area contributed by atoms with Gasteiger partial charge >= 0.3 is 0 Å². The third-order valence-corrected chi connectivity index (χ3v) is 5.44. The number of benzene rings is 1. The molecule has 2 aliphatic rings. The molecular weight excluding hydrogens is 262 g/mol. The van der Waals surface area contributed by atoms with Crippen LogP contribution in [0.5, 0.6) is 5.75 Å². The Hall–Kier alpha value is -1.06. The molecule has 1 atom stereocenters. The number of hydrogen-bond donors (Lipinski definition) is 1. The van der Waals surface area contributed by atoms with Crippen LogP contribution < -0.4 is 4.74 Å². The fraction of sp³-hybridized carbons (Fsp3) is 0.667. The third-order valence-electron chi connectivity index (χ3n) is 5.44. The number of ether oxygens (including phenoxy) is 1. The van der Waals surface area contributed by atoms with Crippen LogP contribution in [0, 0.1) is 0 Å². The van der Waals surface area contributed by atoms with Crippen LogP contribution >= 0.6 is 0 Å². The normalized spacial score (nSPS) is 21.3. The maximum absolute atomic E-state index is 10.8. The van der Waals surface area contributed by atoms with Crippen LogP contribution in [0.25, 0.3) is 0 Å². The fourth-order valence-corrected chi connectivity index (χ4v) is 4.03. The number of aliphatic hydroxyl groups excluding tert-OH is 1. The number of fused-ring (bicyclic) bond motifs is 1. The Balaban J connectivity index is 1.64. The Bertz CT molecular complexity index is 492. The van der Waals surface area contributed by atoms with Crippen molar-refractivity contribution in [3.8, 4) is 5.75 Å². The van der Waals surface area contributed by atoms with Gasteiger partial charge in [0.2, 0.25) is 0 Å². The van der Waals surface area contributed by atoms with Gasteiger partial charge in [0, 0.05) is 12.0 Å². The van der Waals surface area contributed by atoms with Crippen molar-refractivity contribution < 1.29 is 9.84 Å². The smallest absolute Gasteiger partial charge is 0.122 e. The van der Waals surface area contributed by atoms with E-state index in [0.717, 1.165) is 44.5 Å². The van der Waals surface area contributed by atoms with E-state index in [1.165, 1.54) is 24.0 Å². The minimum absolute atomic E-state index is 0.000160. The number of hydrogen-bond acceptors (Lipinski definition) is 3. The minimum Gasteiger partial charge on any atom is -0.493 e. The zero-order valence-corrected chi connectivity index (χ0v) is 13.3. The first-order valence-corrected chi connectivity index (χ1v) is 8.22. The molecule has 1 saturated carbocycles. The van der Waals surface area contributed by atoms with Crippen LogP contribution in [0.1, 0.15) is 43.2 Å². The van der Waals surface area contributed by atoms with Crippen molar-refractivity contribution in [2.45, 2.75) is 56.6 Å². The van der Waals surface area contributed by atoms with Gasteiger partial charge in [0.05, 0.1) is 12.7 Å². The zero-order valence-electron chi connectivity index (χ0n) is 13.3. The van der Waals surface area contributed by atoms with Crippen molar-refractivity contribution >= 4 is 0 Å². The molecule has 3 heteroatoms. The summed E-state index contributed by atoms with van der Waals surface area (Å²) in [4.78, 5) is 2.25. The molecule has 0 amide bonds. The molecule has 0 aromatic heterocycles. The first-order valence-electron chi connectivity index (χ1n) is 8.22. The zero-order chi connectivity index (χ0) is 14.9. The van der Waals surface area contributed by atoms with Crippen LogP contribution in [0.3, 0.4) is 0 Å². The van der Waals surface area contributed by atoms with Gasteiger partial charge in [0.25, 0.3) is 0 Å². The summed E-state index contributed by atoms with van der Waals surface area (Å²) in [6.07, 6.45) is 7.31. The number of aliphatic hydroxyl groups is 1. The summed E-state index contributed by atoms with van der Waals surface area (Å²) in [6.45, 7) is 0.811. The highest BCUT2D eigenvalue weighted by atomic mass is 16.5. The van der Waals surface area contributed by atoms with Gasteiger partial charge in [-0.1, -0.05) is 25.0 Å². The van der Waals surface area contributed by atoms with E-state index in [4.69, 9.17) is 4.74 Å². The second-order valence-corrected chi connectivity index (χ2v) is 6.80. The maximum Gasteiger partial charge on any atom is 0.122 e. The highest BCUT2D eigenvalue weighted by molar-refractivity contribution is 5.39. The second kappa shape index (κ2) is 5.98. The van der Waals surface area contributed by atoms with Gasteiger partial charge in [-0.15, -0.1) is 0 Å². The van der Waals surface area contributed by atoms with Crippen molar-refractivity contribution in [2.24, 2.45) is 0 Å². The number of nitrogens with zero attached hydrogens (tertiary/aromatic N) is 1. The van der Waals surface area contributed by atoms with Crippen LogP contribution in [-0.4, -0.2) is 42.4 Å². The van der Waals surface area contributed by atoms with Gasteiger partial charge in [-0.25, -0.2) is 0 Å². The monoisotopic (exact) mass is 289 g/mol. The molecular formula is C18H27NO2. The average molecular weight is 289 g/mol. The third kappa shape index (κ3) is 2.82. The average Bonchev–Trinajstić information content (AvgIpc) is 3.13. The lowest BCUT2D eigenvalue weighted by molar-refractivity contribution is -0.00755. The summed E-state index contributed by atoms with van der Waals surface area (Å²) in [5.74, 6) is 1.04. The van der Waals surface area contributed by atoms with E-state index in [9.17, 15) is 5.11 Å². The predicted molar refractivity (Wildman–Crippen MR) is 84.9 cm³/mol. The molecule has 1 fully saturated rings. The molecule has 1 N–H and O–H groups in total. The molecule has 0 spiro atoms. The molecule has 1 unspecified atom stereocenters. The molecule has 1 aromatic rings. The highest BCUT2D eigenvalue weighted by Gasteiger charge is 2.42. The van der Waals surface area contributed by atoms with E-state index < -0.39 is 0 Å². The van der Waals surface area contributed by atoms with Crippen molar-refractivity contribution in [3.63, 3.8) is 0 Å². The molecule has 3 rings (SSSR count). The van der Waals surface area contributed by atoms with Crippen molar-refractivity contribution in [2.75, 3.05) is 20.7 Å². The van der Waals surface area contributed by atoms with Crippen LogP contribution in [0.15, 0.2) is 18.2 Å². The van der Waals surface area contributed by atoms with E-state index >= 15 is 0 Å². The molecule has 21 heavy (non-hydrogen) atoms. The number of aryl methyl sites for hydroxylation is 1. The van der Waals surface area contributed by atoms with E-state index in [1.54, 1.807) is 0 Å². The molecule has 0 radical (unpaired) electrons. The fourth-order valence-electron chi connectivity index (χ4n) is 4.03. The molecule has 116 valence electrons. The summed E-state index contributed by atoms with van der Waals surface area (Å²) in [5, 5.41) is 10.8. The summed E-state index contributed by atoms with van der Waals surface area (Å²) in [7, 11) is 4.22. The Labute approximate surface area is 127 Å². The SMILES string of the molecule is CN(C)C1(C(O)CCc2ccc3c(c2)CCO3)CCCC1. The van der Waals surface area contributed by atoms with Gasteiger partial charge in [0.1, 0.15) is 5.75 Å². The molecule has 0 bridgehead atoms. The van der Waals surface area contributed by atoms with Gasteiger partial charge in [-0.2, -0.15) is 0 Å². The molecule has 1 aliphatic carbocycles. The Morgan fingerprint density at radius 3 is 2.76 bits per heavy atom. The maximum atomic E-state index is 10.8. The van der Waals surface area contributed by atoms with Crippen molar-refractivity contribution in [1.82, 2.24) is 4.90 Å². The van der Waals surface area contributed by atoms with Crippen LogP contribution in [0.4, 0.5) is 0 Å². The standard InChI is InChI=1S/C18H27NO2/c1-19(2)18(10-3-4-11-18)17(20)8-6-14-5-7-16-15(13-14)9-12-21-16/h5,7,13,17,20H,3-4,6,8-12H2,1-2H3. The molecule has 0 saturated heterocycles. The van der Waals surface area contributed by atoms with E-state index in [-0.39, 0.29) is 11.6 Å². The summed E-state index contributed by atoms with van der Waals surface area (Å²) in [5.41, 5.74) is 2.65. The quantitative estimate of drug-likeness (QED) is 0.905. The van der Waals surface area contributed by atoms with E-state index in [0.29, 0.717) is 0 Å². The first-order chi connectivity index (χ1) is 10.1. The van der Waals surface area contributed by atoms with E-state index in [1.807, 2.05) is 0 Å². The Morgan fingerprint density at radius 2 is 2.05 bits per heavy atom. The lowest BCUT2D eigenvalue weighted by Gasteiger charge is -2.40. The van der Waals surface area contributed by atoms with Gasteiger partial charge in [0.15, 0.2) is 0 Å². The second-order valence-electron chi connectivity index (χ2n) is 6.80. The number of likely N-dealkylation sites (N-methyl/N-ethyl adjacent to an activating group) is 1. The first kappa shape index (κ1) is 14.9. The summed E-state index contributed by atoms with van der Waals surface area (Å²) >= 11 is 0. The predicted octanol–water partition coefficient (Wildman–Crippen LogP) is 2.79. The summed E-state index contributed by atoms with van der Waals surface area (Å²) < 4.78 is 5.55. The van der Waals surface area contributed by atoms with Crippen LogP contribution in [-0.2, 0) is 12.8 Å². The van der Waals surface area contributed by atoms with Gasteiger partial charge in [-0.3, -0.25) is 0 Å². The molecule has 1 aliphatic heterocycles. The summed E-state index contributed by atoms with van der Waals surface area (Å²) in [6, 6.07) is 6.49. The highest BCUT2D eigenvalue weighted by Crippen LogP contribution is 2.38. The van der Waals surface area contributed by atoms with Gasteiger partial charge in [-0.05, 0) is 57.0 Å². The van der Waals surface area contributed by atoms with Crippen molar-refractivity contribution in [3.05, 3.63) is 29.3 Å². The largest absolute Gasteiger partial charge is 0.493 e. The van der Waals surface area contributed by atoms with Crippen molar-refractivity contribution in [1.29, 1.82) is 0 Å². The van der Waals surface area contributed by atoms with Gasteiger partial charge < -0.3 is 14.7 Å². The molecule has 1 aromatic carbocycles. The molecule has 3 nitrogen and oxygen atoms in total. The topological polar surface area (TPSA) is 32.7 Å². The molecule has 1 heterocycles. The van der Waals surface area contributed by atoms with E-state index in [2.05, 4.69) is 37.2 Å². The number of rotatable bonds is 5. The Kier molecular flexibility index (Phi) is 4.23. The lowest BCUT2D eigenvalue weighted by atomic mass is 9.85. The van der Waals surface area contributed by atoms with Crippen LogP contribution in [0.2, 0.25) is 0 Å².